The summed E-state index contributed by atoms with van der Waals surface area (Å²) < 4.78 is 0. The van der Waals surface area contributed by atoms with Crippen LogP contribution < -0.4 is 0 Å². The summed E-state index contributed by atoms with van der Waals surface area (Å²) in [5.74, 6) is 0.549. The minimum absolute atomic E-state index is 0.549. The van der Waals surface area contributed by atoms with Gasteiger partial charge < -0.3 is 0 Å². The molecule has 1 heterocycles. The second-order valence-corrected chi connectivity index (χ2v) is 6.63. The van der Waals surface area contributed by atoms with E-state index in [0.29, 0.717) is 5.92 Å². The maximum absolute atomic E-state index is 4.65. The Morgan fingerprint density at radius 1 is 1.35 bits per heavy atom. The van der Waals surface area contributed by atoms with Crippen LogP contribution in [0.4, 0.5) is 0 Å². The molecule has 0 aromatic rings. The molecule has 0 aromatic carbocycles. The normalized spacial score (nSPS) is 30.0. The fraction of sp³-hybridized carbons (Fsp3) is 0.500. The lowest BCUT2D eigenvalue weighted by atomic mass is 9.85. The molecule has 1 heteroatoms. The van der Waals surface area contributed by atoms with Gasteiger partial charge in [-0.15, -0.1) is 0 Å². The van der Waals surface area contributed by atoms with Gasteiger partial charge in [0.1, 0.15) is 0 Å². The van der Waals surface area contributed by atoms with E-state index < -0.39 is 0 Å². The fourth-order valence-electron chi connectivity index (χ4n) is 3.59. The first-order valence-electron chi connectivity index (χ1n) is 9.10. The average molecular weight is 309 g/mol. The van der Waals surface area contributed by atoms with E-state index in [2.05, 4.69) is 56.6 Å². The van der Waals surface area contributed by atoms with Crippen LogP contribution in [0.5, 0.6) is 0 Å². The predicted molar refractivity (Wildman–Crippen MR) is 103 cm³/mol. The third-order valence-corrected chi connectivity index (χ3v) is 5.05. The van der Waals surface area contributed by atoms with Gasteiger partial charge in [-0.3, -0.25) is 4.99 Å². The molecule has 1 atom stereocenters. The third kappa shape index (κ3) is 4.67. The Kier molecular flexibility index (Phi) is 6.83. The molecule has 2 bridgehead atoms. The lowest BCUT2D eigenvalue weighted by Crippen LogP contribution is -2.11. The zero-order valence-electron chi connectivity index (χ0n) is 15.1. The van der Waals surface area contributed by atoms with Gasteiger partial charge in [0.2, 0.25) is 0 Å². The Balaban J connectivity index is 2.50. The van der Waals surface area contributed by atoms with Crippen molar-refractivity contribution in [1.29, 1.82) is 0 Å². The Hall–Kier alpha value is -1.63. The number of aliphatic imine (C=N–C) groups is 1. The smallest absolute Gasteiger partial charge is 0.0458 e. The van der Waals surface area contributed by atoms with Crippen LogP contribution in [0.1, 0.15) is 59.3 Å². The molecule has 0 spiro atoms. The van der Waals surface area contributed by atoms with Crippen LogP contribution in [0.3, 0.4) is 0 Å². The van der Waals surface area contributed by atoms with Crippen molar-refractivity contribution >= 4 is 6.21 Å². The molecule has 0 fully saturated rings. The van der Waals surface area contributed by atoms with Gasteiger partial charge in [-0.05, 0) is 73.5 Å². The quantitative estimate of drug-likeness (QED) is 0.535. The first-order valence-corrected chi connectivity index (χ1v) is 9.10. The van der Waals surface area contributed by atoms with Crippen molar-refractivity contribution in [3.05, 3.63) is 58.7 Å². The average Bonchev–Trinajstić information content (AvgIpc) is 2.57. The van der Waals surface area contributed by atoms with E-state index in [0.717, 1.165) is 18.5 Å². The van der Waals surface area contributed by atoms with Crippen molar-refractivity contribution in [3.8, 4) is 0 Å². The van der Waals surface area contributed by atoms with Crippen molar-refractivity contribution in [2.45, 2.75) is 59.3 Å². The highest BCUT2D eigenvalue weighted by Gasteiger charge is 2.20. The van der Waals surface area contributed by atoms with Crippen molar-refractivity contribution in [2.24, 2.45) is 10.9 Å². The van der Waals surface area contributed by atoms with E-state index in [1.807, 2.05) is 6.21 Å². The number of fused-ring (bicyclic) bond motifs is 2. The number of allylic oxidation sites excluding steroid dienone is 8. The van der Waals surface area contributed by atoms with E-state index in [-0.39, 0.29) is 0 Å². The van der Waals surface area contributed by atoms with Gasteiger partial charge in [-0.25, -0.2) is 0 Å². The second-order valence-electron chi connectivity index (χ2n) is 6.63. The standard InChI is InChI=1S/C22H31N/c1-5-10-17(3)19(6-2)15-22-18(4)20-11-8-7-9-12-21(22)16-23-14-13-20/h5,10,13-15,21H,3,6-9,11-12,16H2,1-2,4H3/b10-5-,19-15+,20-13+,22-18-,23-14-. The second kappa shape index (κ2) is 8.86. The van der Waals surface area contributed by atoms with Crippen LogP contribution in [0.15, 0.2) is 63.7 Å². The van der Waals surface area contributed by atoms with Crippen LogP contribution in [0.2, 0.25) is 0 Å². The summed E-state index contributed by atoms with van der Waals surface area (Å²) in [5, 5.41) is 0. The topological polar surface area (TPSA) is 12.4 Å². The molecule has 1 aliphatic heterocycles. The van der Waals surface area contributed by atoms with Crippen LogP contribution in [0.25, 0.3) is 0 Å². The molecule has 2 aliphatic rings. The number of hydrogen-bond acceptors (Lipinski definition) is 1. The van der Waals surface area contributed by atoms with Crippen molar-refractivity contribution in [2.75, 3.05) is 6.54 Å². The number of nitrogens with zero attached hydrogens (tertiary/aromatic N) is 1. The minimum atomic E-state index is 0.549. The fourth-order valence-corrected chi connectivity index (χ4v) is 3.59. The molecule has 1 aliphatic carbocycles. The summed E-state index contributed by atoms with van der Waals surface area (Å²) in [4.78, 5) is 4.65. The first kappa shape index (κ1) is 17.7. The number of hydrogen-bond donors (Lipinski definition) is 0. The first-order chi connectivity index (χ1) is 11.2. The molecule has 0 aromatic heterocycles. The molecule has 0 radical (unpaired) electrons. The Labute approximate surface area is 142 Å². The monoisotopic (exact) mass is 309 g/mol. The summed E-state index contributed by atoms with van der Waals surface area (Å²) in [6, 6.07) is 0. The van der Waals surface area contributed by atoms with Crippen molar-refractivity contribution < 1.29 is 0 Å². The zero-order chi connectivity index (χ0) is 16.7. The van der Waals surface area contributed by atoms with Gasteiger partial charge in [0.05, 0.1) is 0 Å². The van der Waals surface area contributed by atoms with Crippen LogP contribution in [-0.4, -0.2) is 12.8 Å². The molecular formula is C22H31N. The van der Waals surface area contributed by atoms with Gasteiger partial charge in [0.15, 0.2) is 0 Å². The highest BCUT2D eigenvalue weighted by atomic mass is 14.7. The van der Waals surface area contributed by atoms with Crippen LogP contribution >= 0.6 is 0 Å². The van der Waals surface area contributed by atoms with Gasteiger partial charge in [-0.2, -0.15) is 0 Å². The maximum atomic E-state index is 4.65. The summed E-state index contributed by atoms with van der Waals surface area (Å²) in [6.45, 7) is 11.8. The Morgan fingerprint density at radius 2 is 2.17 bits per heavy atom. The summed E-state index contributed by atoms with van der Waals surface area (Å²) in [5.41, 5.74) is 6.93. The molecule has 0 amide bonds. The number of rotatable bonds is 4. The van der Waals surface area contributed by atoms with E-state index >= 15 is 0 Å². The molecule has 1 nitrogen and oxygen atoms in total. The van der Waals surface area contributed by atoms with E-state index in [9.17, 15) is 0 Å². The van der Waals surface area contributed by atoms with Gasteiger partial charge in [0.25, 0.3) is 0 Å². The zero-order valence-corrected chi connectivity index (χ0v) is 15.1. The van der Waals surface area contributed by atoms with Crippen molar-refractivity contribution in [3.63, 3.8) is 0 Å². The minimum Gasteiger partial charge on any atom is -0.293 e. The maximum Gasteiger partial charge on any atom is 0.0458 e. The summed E-state index contributed by atoms with van der Waals surface area (Å²) in [7, 11) is 0. The van der Waals surface area contributed by atoms with E-state index in [4.69, 9.17) is 0 Å². The predicted octanol–water partition coefficient (Wildman–Crippen LogP) is 6.36. The summed E-state index contributed by atoms with van der Waals surface area (Å²) >= 11 is 0. The van der Waals surface area contributed by atoms with Crippen molar-refractivity contribution in [1.82, 2.24) is 0 Å². The molecule has 1 unspecified atom stereocenters. The molecule has 2 rings (SSSR count). The highest BCUT2D eigenvalue weighted by molar-refractivity contribution is 5.74. The summed E-state index contributed by atoms with van der Waals surface area (Å²) in [6.07, 6.45) is 18.3. The highest BCUT2D eigenvalue weighted by Crippen LogP contribution is 2.34. The molecule has 124 valence electrons. The van der Waals surface area contributed by atoms with Gasteiger partial charge >= 0.3 is 0 Å². The molecular weight excluding hydrogens is 278 g/mol. The molecule has 0 saturated heterocycles. The van der Waals surface area contributed by atoms with E-state index in [1.54, 1.807) is 0 Å². The van der Waals surface area contributed by atoms with E-state index in [1.165, 1.54) is 54.4 Å². The lowest BCUT2D eigenvalue weighted by molar-refractivity contribution is 0.532. The van der Waals surface area contributed by atoms with Crippen LogP contribution in [-0.2, 0) is 0 Å². The Bertz CT molecular complexity index is 581. The SMILES string of the molecule is C=C(/C=C\C)/C(=C/C1=C(C)/C2=C/C=N\CC1CCCCC2)CC. The van der Waals surface area contributed by atoms with Gasteiger partial charge in [-0.1, -0.05) is 44.6 Å². The molecule has 0 saturated carbocycles. The molecule has 0 N–H and O–H groups in total. The largest absolute Gasteiger partial charge is 0.293 e. The Morgan fingerprint density at radius 3 is 2.91 bits per heavy atom. The third-order valence-electron chi connectivity index (χ3n) is 5.05. The van der Waals surface area contributed by atoms with Crippen LogP contribution in [0, 0.1) is 5.92 Å². The lowest BCUT2D eigenvalue weighted by Gasteiger charge is -2.22. The van der Waals surface area contributed by atoms with Gasteiger partial charge in [0, 0.05) is 18.7 Å². The molecule has 23 heavy (non-hydrogen) atoms.